The van der Waals surface area contributed by atoms with E-state index >= 15 is 0 Å². The van der Waals surface area contributed by atoms with Crippen LogP contribution >= 0.6 is 0 Å². The number of hydrogen-bond donors (Lipinski definition) is 1. The number of carbonyl (C=O) groups excluding carboxylic acids is 4. The molecule has 1 radical (unpaired) electrons. The molecule has 1 saturated carbocycles. The fraction of sp³-hybridized carbons (Fsp3) is 0.750. The largest absolute Gasteiger partial charge is 0.382 e. The Morgan fingerprint density at radius 2 is 1.75 bits per heavy atom. The van der Waals surface area contributed by atoms with Crippen molar-refractivity contribution in [3.05, 3.63) is 6.42 Å². The number of piperidine rings is 2. The fourth-order valence-electron chi connectivity index (χ4n) is 7.40. The van der Waals surface area contributed by atoms with Crippen LogP contribution < -0.4 is 0 Å². The number of carbonyl (C=O) groups is 4. The minimum absolute atomic E-state index is 0.0823. The van der Waals surface area contributed by atoms with E-state index in [-0.39, 0.29) is 24.2 Å². The van der Waals surface area contributed by atoms with Gasteiger partial charge in [0.05, 0.1) is 17.0 Å². The Morgan fingerprint density at radius 1 is 1.11 bits per heavy atom. The number of aliphatic hydroxyl groups excluding tert-OH is 1. The maximum Gasteiger partial charge on any atom is 0.258 e. The maximum atomic E-state index is 13.5. The molecule has 0 aromatic rings. The number of amides is 4. The van der Waals surface area contributed by atoms with Crippen LogP contribution in [0.5, 0.6) is 0 Å². The molecular formula is C20H26N3O5. The summed E-state index contributed by atoms with van der Waals surface area (Å²) in [5.41, 5.74) is -4.07. The molecule has 2 bridgehead atoms. The minimum Gasteiger partial charge on any atom is -0.382 e. The number of imide groups is 1. The van der Waals surface area contributed by atoms with Crippen LogP contribution in [-0.2, 0) is 19.2 Å². The third-order valence-electron chi connectivity index (χ3n) is 8.91. The van der Waals surface area contributed by atoms with Gasteiger partial charge in [0, 0.05) is 25.9 Å². The first-order valence-electron chi connectivity index (χ1n) is 9.86. The molecule has 3 spiro atoms. The van der Waals surface area contributed by atoms with E-state index in [1.54, 1.807) is 16.8 Å². The molecule has 6 atom stereocenters. The first kappa shape index (κ1) is 18.1. The third kappa shape index (κ3) is 1.38. The van der Waals surface area contributed by atoms with Crippen LogP contribution in [0.2, 0.25) is 0 Å². The van der Waals surface area contributed by atoms with E-state index in [0.717, 1.165) is 4.90 Å². The molecule has 5 saturated heterocycles. The van der Waals surface area contributed by atoms with Crippen LogP contribution in [0, 0.1) is 23.2 Å². The average molecular weight is 388 g/mol. The van der Waals surface area contributed by atoms with Crippen LogP contribution in [0.1, 0.15) is 40.0 Å². The van der Waals surface area contributed by atoms with Crippen molar-refractivity contribution in [1.29, 1.82) is 0 Å². The average Bonchev–Trinajstić information content (AvgIpc) is 3.09. The maximum absolute atomic E-state index is 13.5. The summed E-state index contributed by atoms with van der Waals surface area (Å²) in [4.78, 5) is 56.9. The monoisotopic (exact) mass is 388 g/mol. The Hall–Kier alpha value is -1.96. The first-order valence-corrected chi connectivity index (χ1v) is 9.86. The van der Waals surface area contributed by atoms with E-state index in [0.29, 0.717) is 12.8 Å². The minimum atomic E-state index is -1.48. The van der Waals surface area contributed by atoms with Gasteiger partial charge < -0.3 is 14.9 Å². The van der Waals surface area contributed by atoms with E-state index in [2.05, 4.69) is 6.42 Å². The fourth-order valence-corrected chi connectivity index (χ4v) is 7.40. The molecular weight excluding hydrogens is 362 g/mol. The van der Waals surface area contributed by atoms with Crippen molar-refractivity contribution in [1.82, 2.24) is 14.7 Å². The highest BCUT2D eigenvalue weighted by Gasteiger charge is 2.84. The Kier molecular flexibility index (Phi) is 2.98. The van der Waals surface area contributed by atoms with Gasteiger partial charge in [0.1, 0.15) is 11.6 Å². The number of aliphatic hydroxyl groups is 1. The van der Waals surface area contributed by atoms with Gasteiger partial charge in [-0.15, -0.1) is 0 Å². The van der Waals surface area contributed by atoms with Crippen LogP contribution in [-0.4, -0.2) is 80.8 Å². The molecule has 2 unspecified atom stereocenters. The molecule has 0 aromatic carbocycles. The summed E-state index contributed by atoms with van der Waals surface area (Å²) in [6.45, 7) is 5.65. The van der Waals surface area contributed by atoms with E-state index < -0.39 is 45.9 Å². The summed E-state index contributed by atoms with van der Waals surface area (Å²) in [6.07, 6.45) is 1.47. The Morgan fingerprint density at radius 3 is 2.32 bits per heavy atom. The molecule has 4 amide bonds. The van der Waals surface area contributed by atoms with Crippen LogP contribution in [0.4, 0.5) is 0 Å². The Bertz CT molecular complexity index is 870. The predicted octanol–water partition coefficient (Wildman–Crippen LogP) is -0.443. The Balaban J connectivity index is 1.79. The lowest BCUT2D eigenvalue weighted by Gasteiger charge is -2.65. The van der Waals surface area contributed by atoms with Gasteiger partial charge in [-0.05, 0) is 25.2 Å². The predicted molar refractivity (Wildman–Crippen MR) is 96.2 cm³/mol. The zero-order valence-corrected chi connectivity index (χ0v) is 16.9. The van der Waals surface area contributed by atoms with Crippen molar-refractivity contribution in [3.63, 3.8) is 0 Å². The molecule has 6 fully saturated rings. The lowest BCUT2D eigenvalue weighted by atomic mass is 9.61. The topological polar surface area (TPSA) is 98.2 Å². The highest BCUT2D eigenvalue weighted by Crippen LogP contribution is 2.71. The van der Waals surface area contributed by atoms with Gasteiger partial charge in [-0.25, -0.2) is 0 Å². The summed E-state index contributed by atoms with van der Waals surface area (Å²) in [5.74, 6) is -1.36. The highest BCUT2D eigenvalue weighted by molar-refractivity contribution is 6.10. The number of fused-ring (bicyclic) bond motifs is 2. The van der Waals surface area contributed by atoms with Gasteiger partial charge in [0.15, 0.2) is 0 Å². The number of rotatable bonds is 0. The SMILES string of the molecule is C[C@H]1CC(=O)N2C3C(C)(C)[C@@]4(C[C@]35[CH]C[C@]12C(=O)N5C)C(=O)N(C)C(=O)C4O. The number of piperazine rings is 1. The van der Waals surface area contributed by atoms with Crippen LogP contribution in [0.25, 0.3) is 0 Å². The molecule has 151 valence electrons. The molecule has 6 aliphatic rings. The van der Waals surface area contributed by atoms with Crippen molar-refractivity contribution in [2.45, 2.75) is 63.3 Å². The molecule has 6 rings (SSSR count). The molecule has 0 aromatic heterocycles. The molecule has 8 heteroatoms. The van der Waals surface area contributed by atoms with Gasteiger partial charge in [0.2, 0.25) is 17.7 Å². The van der Waals surface area contributed by atoms with Crippen molar-refractivity contribution in [2.75, 3.05) is 14.1 Å². The van der Waals surface area contributed by atoms with Crippen molar-refractivity contribution in [2.24, 2.45) is 16.7 Å². The quantitative estimate of drug-likeness (QED) is 0.567. The summed E-state index contributed by atoms with van der Waals surface area (Å²) in [6, 6.07) is -0.466. The van der Waals surface area contributed by atoms with Gasteiger partial charge in [0.25, 0.3) is 5.91 Å². The van der Waals surface area contributed by atoms with E-state index in [9.17, 15) is 24.3 Å². The summed E-state index contributed by atoms with van der Waals surface area (Å²) in [5, 5.41) is 11.0. The summed E-state index contributed by atoms with van der Waals surface area (Å²) in [7, 11) is 3.12. The van der Waals surface area contributed by atoms with Gasteiger partial charge >= 0.3 is 0 Å². The molecule has 1 N–H and O–H groups in total. The van der Waals surface area contributed by atoms with Gasteiger partial charge in [-0.1, -0.05) is 20.8 Å². The zero-order valence-electron chi connectivity index (χ0n) is 16.9. The van der Waals surface area contributed by atoms with Crippen molar-refractivity contribution in [3.8, 4) is 0 Å². The first-order chi connectivity index (χ1) is 12.9. The molecule has 1 aliphatic carbocycles. The molecule has 5 aliphatic heterocycles. The van der Waals surface area contributed by atoms with Gasteiger partial charge in [-0.3, -0.25) is 24.1 Å². The molecule has 8 nitrogen and oxygen atoms in total. The summed E-state index contributed by atoms with van der Waals surface area (Å²) < 4.78 is 0. The lowest BCUT2D eigenvalue weighted by molar-refractivity contribution is -0.187. The summed E-state index contributed by atoms with van der Waals surface area (Å²) >= 11 is 0. The standard InChI is InChI=1S/C20H26N3O5/c1-10-8-11(24)23-14-17(2,3)19(12(25)13(26)21(4)15(19)27)9-18(14)6-7-20(10,23)16(28)22(18)5/h6,10,12,14,25H,7-9H2,1-5H3/t10-,12?,14?,18+,19+,20+/m0/s1. The number of hydrogen-bond acceptors (Lipinski definition) is 5. The van der Waals surface area contributed by atoms with Crippen LogP contribution in [0.15, 0.2) is 0 Å². The second-order valence-corrected chi connectivity index (χ2v) is 9.93. The Labute approximate surface area is 163 Å². The van der Waals surface area contributed by atoms with Gasteiger partial charge in [-0.2, -0.15) is 0 Å². The van der Waals surface area contributed by atoms with Crippen molar-refractivity contribution >= 4 is 23.6 Å². The zero-order chi connectivity index (χ0) is 20.6. The highest BCUT2D eigenvalue weighted by atomic mass is 16.3. The number of nitrogens with zero attached hydrogens (tertiary/aromatic N) is 3. The smallest absolute Gasteiger partial charge is 0.258 e. The number of likely N-dealkylation sites (tertiary alicyclic amines) is 1. The lowest BCUT2D eigenvalue weighted by Crippen LogP contribution is -2.81. The normalized spacial score (nSPS) is 48.9. The second-order valence-electron chi connectivity index (χ2n) is 9.93. The van der Waals surface area contributed by atoms with E-state index in [1.165, 1.54) is 7.05 Å². The molecule has 28 heavy (non-hydrogen) atoms. The van der Waals surface area contributed by atoms with E-state index in [1.807, 2.05) is 20.8 Å². The van der Waals surface area contributed by atoms with E-state index in [4.69, 9.17) is 0 Å². The number of likely N-dealkylation sites (N-methyl/N-ethyl adjacent to an activating group) is 2. The second kappa shape index (κ2) is 4.61. The van der Waals surface area contributed by atoms with Crippen LogP contribution in [0.3, 0.4) is 0 Å². The third-order valence-corrected chi connectivity index (χ3v) is 8.91. The molecule has 5 heterocycles. The van der Waals surface area contributed by atoms with Crippen molar-refractivity contribution < 1.29 is 24.3 Å².